The predicted octanol–water partition coefficient (Wildman–Crippen LogP) is 0.198. The molecule has 7 nitrogen and oxygen atoms in total. The highest BCUT2D eigenvalue weighted by molar-refractivity contribution is 5.88. The molecule has 0 aliphatic heterocycles. The smallest absolute Gasteiger partial charge is 0.339 e. The molecule has 2 aromatic heterocycles. The van der Waals surface area contributed by atoms with E-state index in [0.717, 1.165) is 5.69 Å². The lowest BCUT2D eigenvalue weighted by molar-refractivity contribution is 0.0694. The van der Waals surface area contributed by atoms with Gasteiger partial charge >= 0.3 is 5.97 Å². The second-order valence-corrected chi connectivity index (χ2v) is 3.74. The summed E-state index contributed by atoms with van der Waals surface area (Å²) in [6, 6.07) is 1.89. The summed E-state index contributed by atoms with van der Waals surface area (Å²) in [4.78, 5) is 18.6. The molecule has 0 radical (unpaired) electrons. The van der Waals surface area contributed by atoms with Gasteiger partial charge in [0.05, 0.1) is 11.4 Å². The number of carboxylic acid groups (broad SMARTS) is 1. The quantitative estimate of drug-likeness (QED) is 0.784. The number of aromatic nitrogens is 4. The van der Waals surface area contributed by atoms with Gasteiger partial charge in [-0.3, -0.25) is 4.68 Å². The van der Waals surface area contributed by atoms with E-state index in [2.05, 4.69) is 20.4 Å². The van der Waals surface area contributed by atoms with Gasteiger partial charge in [0.25, 0.3) is 0 Å². The molecule has 0 unspecified atom stereocenters. The number of hydrogen-bond donors (Lipinski definition) is 2. The van der Waals surface area contributed by atoms with Crippen LogP contribution in [-0.2, 0) is 20.1 Å². The van der Waals surface area contributed by atoms with Gasteiger partial charge in [-0.05, 0) is 6.07 Å². The largest absolute Gasteiger partial charge is 0.478 e. The molecule has 7 heteroatoms. The Morgan fingerprint density at radius 2 is 2.33 bits per heavy atom. The monoisotopic (exact) mass is 247 g/mol. The average Bonchev–Trinajstić information content (AvgIpc) is 2.76. The summed E-state index contributed by atoms with van der Waals surface area (Å²) >= 11 is 0. The standard InChI is InChI=1S/C11H13N5O2/c1-16-8(2-3-15-16)4-12-6-10-9(11(17)18)5-13-7-14-10/h2-3,5,7,12H,4,6H2,1H3,(H,17,18). The van der Waals surface area contributed by atoms with Gasteiger partial charge in [0, 0.05) is 32.5 Å². The van der Waals surface area contributed by atoms with Gasteiger partial charge in [-0.2, -0.15) is 5.10 Å². The fraction of sp³-hybridized carbons (Fsp3) is 0.273. The number of hydrogen-bond acceptors (Lipinski definition) is 5. The van der Waals surface area contributed by atoms with Crippen molar-refractivity contribution in [2.24, 2.45) is 7.05 Å². The Hall–Kier alpha value is -2.28. The minimum Gasteiger partial charge on any atom is -0.478 e. The molecule has 94 valence electrons. The van der Waals surface area contributed by atoms with Crippen LogP contribution in [0.3, 0.4) is 0 Å². The summed E-state index contributed by atoms with van der Waals surface area (Å²) in [5.41, 5.74) is 1.61. The first-order chi connectivity index (χ1) is 8.68. The van der Waals surface area contributed by atoms with Crippen LogP contribution in [0.5, 0.6) is 0 Å². The topological polar surface area (TPSA) is 92.9 Å². The molecule has 2 aromatic rings. The molecule has 2 N–H and O–H groups in total. The average molecular weight is 247 g/mol. The van der Waals surface area contributed by atoms with Crippen LogP contribution in [0, 0.1) is 0 Å². The van der Waals surface area contributed by atoms with Crippen LogP contribution in [0.1, 0.15) is 21.7 Å². The normalized spacial score (nSPS) is 10.5. The maximum absolute atomic E-state index is 10.9. The Bertz CT molecular complexity index is 552. The minimum atomic E-state index is -1.02. The summed E-state index contributed by atoms with van der Waals surface area (Å²) in [5.74, 6) is -1.02. The van der Waals surface area contributed by atoms with E-state index in [1.165, 1.54) is 12.5 Å². The molecule has 2 heterocycles. The van der Waals surface area contributed by atoms with E-state index in [4.69, 9.17) is 5.11 Å². The van der Waals surface area contributed by atoms with Gasteiger partial charge in [-0.15, -0.1) is 0 Å². The molecule has 0 atom stereocenters. The second-order valence-electron chi connectivity index (χ2n) is 3.74. The Kier molecular flexibility index (Phi) is 3.63. The molecule has 0 bridgehead atoms. The Morgan fingerprint density at radius 3 is 3.00 bits per heavy atom. The molecule has 0 spiro atoms. The lowest BCUT2D eigenvalue weighted by atomic mass is 10.2. The fourth-order valence-electron chi connectivity index (χ4n) is 1.56. The third-order valence-corrected chi connectivity index (χ3v) is 2.55. The van der Waals surface area contributed by atoms with Gasteiger partial charge in [-0.25, -0.2) is 14.8 Å². The fourth-order valence-corrected chi connectivity index (χ4v) is 1.56. The Balaban J connectivity index is 1.99. The van der Waals surface area contributed by atoms with Crippen LogP contribution in [0.2, 0.25) is 0 Å². The number of rotatable bonds is 5. The lowest BCUT2D eigenvalue weighted by Gasteiger charge is -2.06. The molecule has 2 rings (SSSR count). The van der Waals surface area contributed by atoms with E-state index >= 15 is 0 Å². The molecule has 0 fully saturated rings. The summed E-state index contributed by atoms with van der Waals surface area (Å²) in [6.45, 7) is 0.967. The summed E-state index contributed by atoms with van der Waals surface area (Å²) in [5, 5.41) is 16.1. The zero-order chi connectivity index (χ0) is 13.0. The van der Waals surface area contributed by atoms with Crippen molar-refractivity contribution in [2.75, 3.05) is 0 Å². The highest BCUT2D eigenvalue weighted by atomic mass is 16.4. The molecule has 0 saturated heterocycles. The molecule has 0 amide bonds. The summed E-state index contributed by atoms with van der Waals surface area (Å²) in [7, 11) is 1.85. The molecule has 0 saturated carbocycles. The van der Waals surface area contributed by atoms with Crippen molar-refractivity contribution in [1.82, 2.24) is 25.1 Å². The second kappa shape index (κ2) is 5.37. The number of aryl methyl sites for hydroxylation is 1. The van der Waals surface area contributed by atoms with E-state index < -0.39 is 5.97 Å². The third-order valence-electron chi connectivity index (χ3n) is 2.55. The van der Waals surface area contributed by atoms with E-state index in [-0.39, 0.29) is 5.56 Å². The van der Waals surface area contributed by atoms with Gasteiger partial charge in [-0.1, -0.05) is 0 Å². The van der Waals surface area contributed by atoms with Gasteiger partial charge < -0.3 is 10.4 Å². The molecule has 0 aliphatic carbocycles. The van der Waals surface area contributed by atoms with Crippen LogP contribution >= 0.6 is 0 Å². The number of carboxylic acids is 1. The summed E-state index contributed by atoms with van der Waals surface area (Å²) < 4.78 is 1.76. The van der Waals surface area contributed by atoms with Crippen LogP contribution < -0.4 is 5.32 Å². The first kappa shape index (κ1) is 12.2. The van der Waals surface area contributed by atoms with Crippen molar-refractivity contribution in [3.63, 3.8) is 0 Å². The Labute approximate surface area is 104 Å². The van der Waals surface area contributed by atoms with E-state index in [0.29, 0.717) is 18.8 Å². The van der Waals surface area contributed by atoms with Crippen LogP contribution in [0.25, 0.3) is 0 Å². The first-order valence-corrected chi connectivity index (χ1v) is 5.38. The van der Waals surface area contributed by atoms with E-state index in [9.17, 15) is 4.79 Å². The number of carbonyl (C=O) groups is 1. The van der Waals surface area contributed by atoms with E-state index in [1.807, 2.05) is 13.1 Å². The molecule has 0 aliphatic rings. The molecule has 18 heavy (non-hydrogen) atoms. The first-order valence-electron chi connectivity index (χ1n) is 5.38. The zero-order valence-corrected chi connectivity index (χ0v) is 9.87. The van der Waals surface area contributed by atoms with Crippen LogP contribution in [0.4, 0.5) is 0 Å². The van der Waals surface area contributed by atoms with Crippen molar-refractivity contribution in [3.05, 3.63) is 41.7 Å². The van der Waals surface area contributed by atoms with Gasteiger partial charge in [0.2, 0.25) is 0 Å². The summed E-state index contributed by atoms with van der Waals surface area (Å²) in [6.07, 6.45) is 4.36. The zero-order valence-electron chi connectivity index (χ0n) is 9.87. The van der Waals surface area contributed by atoms with Gasteiger partial charge in [0.15, 0.2) is 0 Å². The van der Waals surface area contributed by atoms with Crippen LogP contribution in [0.15, 0.2) is 24.8 Å². The van der Waals surface area contributed by atoms with Crippen molar-refractivity contribution in [2.45, 2.75) is 13.1 Å². The van der Waals surface area contributed by atoms with E-state index in [1.54, 1.807) is 10.9 Å². The third kappa shape index (κ3) is 2.69. The predicted molar refractivity (Wildman–Crippen MR) is 62.7 cm³/mol. The maximum Gasteiger partial charge on any atom is 0.339 e. The number of nitrogens with one attached hydrogen (secondary N) is 1. The van der Waals surface area contributed by atoms with Crippen molar-refractivity contribution in [1.29, 1.82) is 0 Å². The molecular formula is C11H13N5O2. The van der Waals surface area contributed by atoms with Crippen LogP contribution in [-0.4, -0.2) is 30.8 Å². The molecular weight excluding hydrogens is 234 g/mol. The number of aromatic carboxylic acids is 1. The number of nitrogens with zero attached hydrogens (tertiary/aromatic N) is 4. The maximum atomic E-state index is 10.9. The lowest BCUT2D eigenvalue weighted by Crippen LogP contribution is -2.18. The Morgan fingerprint density at radius 1 is 1.50 bits per heavy atom. The van der Waals surface area contributed by atoms with Crippen molar-refractivity contribution < 1.29 is 9.90 Å². The minimum absolute atomic E-state index is 0.120. The molecule has 0 aromatic carbocycles. The highest BCUT2D eigenvalue weighted by Gasteiger charge is 2.10. The highest BCUT2D eigenvalue weighted by Crippen LogP contribution is 2.04. The van der Waals surface area contributed by atoms with Gasteiger partial charge in [0.1, 0.15) is 11.9 Å². The SMILES string of the molecule is Cn1nccc1CNCc1ncncc1C(=O)O. The van der Waals surface area contributed by atoms with Crippen molar-refractivity contribution >= 4 is 5.97 Å². The van der Waals surface area contributed by atoms with Crippen molar-refractivity contribution in [3.8, 4) is 0 Å².